The summed E-state index contributed by atoms with van der Waals surface area (Å²) < 4.78 is 14.2. The summed E-state index contributed by atoms with van der Waals surface area (Å²) >= 11 is 0. The molecule has 0 saturated heterocycles. The zero-order valence-corrected chi connectivity index (χ0v) is 34.3. The predicted molar refractivity (Wildman–Crippen MR) is 203 cm³/mol. The minimum absolute atomic E-state index is 0.0204. The van der Waals surface area contributed by atoms with Crippen LogP contribution in [0.4, 0.5) is 0 Å². The van der Waals surface area contributed by atoms with E-state index in [1.807, 2.05) is 0 Å². The van der Waals surface area contributed by atoms with Crippen molar-refractivity contribution >= 4 is 16.6 Å². The fourth-order valence-electron chi connectivity index (χ4n) is 8.55. The quantitative estimate of drug-likeness (QED) is 0.186. The van der Waals surface area contributed by atoms with Crippen LogP contribution in [-0.2, 0) is 8.85 Å². The first-order valence-electron chi connectivity index (χ1n) is 18.9. The van der Waals surface area contributed by atoms with Gasteiger partial charge in [0.1, 0.15) is 0 Å². The Morgan fingerprint density at radius 2 is 1.54 bits per heavy atom. The van der Waals surface area contributed by atoms with Crippen molar-refractivity contribution in [2.75, 3.05) is 0 Å². The molecule has 1 N–H and O–H groups in total. The molecular formula is C41H72O3Si2. The molecule has 262 valence electrons. The second kappa shape index (κ2) is 13.5. The van der Waals surface area contributed by atoms with E-state index >= 15 is 0 Å². The number of hydrogen-bond acceptors (Lipinski definition) is 3. The maximum Gasteiger partial charge on any atom is 0.192 e. The normalized spacial score (nSPS) is 33.9. The third kappa shape index (κ3) is 7.85. The van der Waals surface area contributed by atoms with Crippen molar-refractivity contribution in [2.45, 2.75) is 181 Å². The summed E-state index contributed by atoms with van der Waals surface area (Å²) in [7, 11) is -3.91. The Balaban J connectivity index is 1.57. The van der Waals surface area contributed by atoms with Crippen molar-refractivity contribution in [2.24, 2.45) is 28.6 Å². The highest BCUT2D eigenvalue weighted by molar-refractivity contribution is 6.74. The molecule has 4 rings (SSSR count). The van der Waals surface area contributed by atoms with Crippen LogP contribution in [0.25, 0.3) is 0 Å². The molecule has 7 atom stereocenters. The minimum atomic E-state index is -1.98. The van der Waals surface area contributed by atoms with E-state index in [2.05, 4.69) is 113 Å². The monoisotopic (exact) mass is 669 g/mol. The summed E-state index contributed by atoms with van der Waals surface area (Å²) in [5, 5.41) is 11.2. The molecule has 0 radical (unpaired) electrons. The molecule has 0 unspecified atom stereocenters. The van der Waals surface area contributed by atoms with E-state index in [9.17, 15) is 5.11 Å². The van der Waals surface area contributed by atoms with Gasteiger partial charge in [-0.1, -0.05) is 98.8 Å². The number of allylic oxidation sites excluding steroid dienone is 4. The SMILES string of the molecule is C=C1C(=CC=C2CCC[C@]3(C)[C@@H]([C@H](C)C=C[C@H](O)C4(CC)CC4)CC[C@@H]23)C[C@@H](O[Si](C)(C)C(C)(C)C)C[C@@H]1O[Si](C)(C)C(C)(C)C. The van der Waals surface area contributed by atoms with Crippen LogP contribution in [0, 0.1) is 28.6 Å². The molecule has 0 amide bonds. The zero-order chi connectivity index (χ0) is 34.5. The van der Waals surface area contributed by atoms with Gasteiger partial charge in [0.05, 0.1) is 18.3 Å². The van der Waals surface area contributed by atoms with E-state index in [1.54, 1.807) is 5.57 Å². The summed E-state index contributed by atoms with van der Waals surface area (Å²) in [5.74, 6) is 1.81. The lowest BCUT2D eigenvalue weighted by Gasteiger charge is -2.45. The molecule has 0 bridgehead atoms. The van der Waals surface area contributed by atoms with Gasteiger partial charge < -0.3 is 14.0 Å². The van der Waals surface area contributed by atoms with Crippen molar-refractivity contribution in [1.29, 1.82) is 0 Å². The third-order valence-electron chi connectivity index (χ3n) is 14.2. The van der Waals surface area contributed by atoms with Gasteiger partial charge >= 0.3 is 0 Å². The van der Waals surface area contributed by atoms with Gasteiger partial charge in [0.15, 0.2) is 16.6 Å². The first-order chi connectivity index (χ1) is 21.1. The van der Waals surface area contributed by atoms with Crippen molar-refractivity contribution in [3.8, 4) is 0 Å². The van der Waals surface area contributed by atoms with Crippen molar-refractivity contribution in [3.05, 3.63) is 47.6 Å². The third-order valence-corrected chi connectivity index (χ3v) is 23.2. The van der Waals surface area contributed by atoms with Crippen LogP contribution in [0.15, 0.2) is 47.6 Å². The van der Waals surface area contributed by atoms with E-state index in [-0.39, 0.29) is 33.8 Å². The maximum atomic E-state index is 10.9. The minimum Gasteiger partial charge on any atom is -0.413 e. The van der Waals surface area contributed by atoms with Crippen LogP contribution in [-0.4, -0.2) is 40.1 Å². The first-order valence-corrected chi connectivity index (χ1v) is 24.7. The Bertz CT molecular complexity index is 1190. The summed E-state index contributed by atoms with van der Waals surface area (Å²) in [6.45, 7) is 35.4. The Hall–Kier alpha value is -0.726. The van der Waals surface area contributed by atoms with Gasteiger partial charge in [-0.15, -0.1) is 0 Å². The molecule has 0 aromatic heterocycles. The fourth-order valence-corrected chi connectivity index (χ4v) is 11.2. The van der Waals surface area contributed by atoms with Gasteiger partial charge in [-0.3, -0.25) is 0 Å². The van der Waals surface area contributed by atoms with Crippen LogP contribution < -0.4 is 0 Å². The highest BCUT2D eigenvalue weighted by atomic mass is 28.4. The molecule has 0 aromatic carbocycles. The van der Waals surface area contributed by atoms with Gasteiger partial charge in [0.2, 0.25) is 0 Å². The van der Waals surface area contributed by atoms with Crippen LogP contribution in [0.2, 0.25) is 36.3 Å². The van der Waals surface area contributed by atoms with Crippen LogP contribution >= 0.6 is 0 Å². The first kappa shape index (κ1) is 38.1. The molecule has 0 spiro atoms. The molecule has 46 heavy (non-hydrogen) atoms. The van der Waals surface area contributed by atoms with Crippen LogP contribution in [0.1, 0.15) is 127 Å². The topological polar surface area (TPSA) is 38.7 Å². The van der Waals surface area contributed by atoms with Crippen LogP contribution in [0.3, 0.4) is 0 Å². The van der Waals surface area contributed by atoms with Crippen molar-refractivity contribution in [1.82, 2.24) is 0 Å². The summed E-state index contributed by atoms with van der Waals surface area (Å²) in [6.07, 6.45) is 21.0. The standard InChI is InChI=1S/C41H72O3Si2/c1-15-41(25-26-41)37(42)23-18-29(2)34-21-22-35-31(17-16-24-40(34,35)10)19-20-32-27-33(43-45(11,12)38(4,5)6)28-36(30(32)3)44-46(13,14)39(7,8)9/h18-20,23,29,33-37,42H,3,15-17,21-22,24-28H2,1-2,4-14H3/t29-,33-,34-,35+,36+,37+,40-/m1/s1. The Morgan fingerprint density at radius 3 is 2.11 bits per heavy atom. The number of fused-ring (bicyclic) bond motifs is 1. The highest BCUT2D eigenvalue weighted by Crippen LogP contribution is 2.60. The lowest BCUT2D eigenvalue weighted by atomic mass is 9.61. The molecule has 0 aromatic rings. The average molecular weight is 669 g/mol. The highest BCUT2D eigenvalue weighted by Gasteiger charge is 2.51. The maximum absolute atomic E-state index is 10.9. The zero-order valence-electron chi connectivity index (χ0n) is 32.3. The molecule has 0 aliphatic heterocycles. The van der Waals surface area contributed by atoms with Gasteiger partial charge in [-0.05, 0) is 134 Å². The second-order valence-corrected chi connectivity index (χ2v) is 28.8. The van der Waals surface area contributed by atoms with E-state index < -0.39 is 16.6 Å². The molecule has 4 fully saturated rings. The van der Waals surface area contributed by atoms with Crippen LogP contribution in [0.5, 0.6) is 0 Å². The smallest absolute Gasteiger partial charge is 0.192 e. The van der Waals surface area contributed by atoms with Gasteiger partial charge in [-0.2, -0.15) is 0 Å². The fraction of sp³-hybridized carbons (Fsp3) is 0.805. The summed E-state index contributed by atoms with van der Waals surface area (Å²) in [5.41, 5.74) is 4.65. The number of aliphatic hydroxyl groups excluding tert-OH is 1. The Labute approximate surface area is 287 Å². The Kier molecular flexibility index (Phi) is 11.2. The predicted octanol–water partition coefficient (Wildman–Crippen LogP) is 11.9. The average Bonchev–Trinajstić information content (AvgIpc) is 3.65. The molecule has 5 heteroatoms. The molecule has 4 aliphatic carbocycles. The second-order valence-electron chi connectivity index (χ2n) is 19.3. The molecule has 0 heterocycles. The molecule has 4 aliphatic rings. The number of rotatable bonds is 10. The summed E-state index contributed by atoms with van der Waals surface area (Å²) in [6, 6.07) is 0. The number of aliphatic hydroxyl groups is 1. The molecular weight excluding hydrogens is 597 g/mol. The van der Waals surface area contributed by atoms with E-state index in [1.165, 1.54) is 56.1 Å². The van der Waals surface area contributed by atoms with Gasteiger partial charge in [-0.25, -0.2) is 0 Å². The van der Waals surface area contributed by atoms with Gasteiger partial charge in [0, 0.05) is 6.42 Å². The molecule has 3 nitrogen and oxygen atoms in total. The number of hydrogen-bond donors (Lipinski definition) is 1. The van der Waals surface area contributed by atoms with Crippen molar-refractivity contribution in [3.63, 3.8) is 0 Å². The molecule has 4 saturated carbocycles. The van der Waals surface area contributed by atoms with E-state index in [4.69, 9.17) is 15.4 Å². The largest absolute Gasteiger partial charge is 0.413 e. The lowest BCUT2D eigenvalue weighted by Crippen LogP contribution is -2.49. The van der Waals surface area contributed by atoms with E-state index in [0.29, 0.717) is 23.2 Å². The van der Waals surface area contributed by atoms with Gasteiger partial charge in [0.25, 0.3) is 0 Å². The van der Waals surface area contributed by atoms with Crippen molar-refractivity contribution < 1.29 is 14.0 Å². The van der Waals surface area contributed by atoms with E-state index in [0.717, 1.165) is 19.3 Å². The Morgan fingerprint density at radius 1 is 0.935 bits per heavy atom. The lowest BCUT2D eigenvalue weighted by molar-refractivity contribution is 0.0969. The summed E-state index contributed by atoms with van der Waals surface area (Å²) in [4.78, 5) is 0.